The molecule has 1 rings (SSSR count). The Labute approximate surface area is 104 Å². The smallest absolute Gasteiger partial charge is 0.330 e. The van der Waals surface area contributed by atoms with E-state index in [2.05, 4.69) is 13.8 Å². The summed E-state index contributed by atoms with van der Waals surface area (Å²) in [6.45, 7) is 7.16. The van der Waals surface area contributed by atoms with Gasteiger partial charge in [-0.3, -0.25) is 0 Å². The fourth-order valence-electron chi connectivity index (χ4n) is 2.29. The molecule has 0 spiro atoms. The Balaban J connectivity index is 2.55. The van der Waals surface area contributed by atoms with Crippen molar-refractivity contribution in [2.75, 3.05) is 13.2 Å². The molecule has 1 heterocycles. The zero-order valence-electron chi connectivity index (χ0n) is 11.3. The highest BCUT2D eigenvalue weighted by Gasteiger charge is 2.26. The van der Waals surface area contributed by atoms with Crippen LogP contribution in [0, 0.1) is 0 Å². The van der Waals surface area contributed by atoms with E-state index in [0.717, 1.165) is 37.7 Å². The van der Waals surface area contributed by atoms with Gasteiger partial charge in [0, 0.05) is 6.08 Å². The average Bonchev–Trinajstić information content (AvgIpc) is 2.42. The molecule has 1 saturated heterocycles. The lowest BCUT2D eigenvalue weighted by Gasteiger charge is -2.27. The Bertz CT molecular complexity index is 283. The Morgan fingerprint density at radius 3 is 2.94 bits per heavy atom. The van der Waals surface area contributed by atoms with E-state index in [-0.39, 0.29) is 11.6 Å². The minimum Gasteiger partial charge on any atom is -0.463 e. The molecule has 17 heavy (non-hydrogen) atoms. The molecule has 3 heteroatoms. The highest BCUT2D eigenvalue weighted by atomic mass is 16.5. The molecule has 1 fully saturated rings. The number of hydrogen-bond acceptors (Lipinski definition) is 3. The van der Waals surface area contributed by atoms with Crippen molar-refractivity contribution in [2.45, 2.75) is 58.5 Å². The molecule has 0 radical (unpaired) electrons. The third-order valence-corrected chi connectivity index (χ3v) is 3.20. The fourth-order valence-corrected chi connectivity index (χ4v) is 2.29. The third kappa shape index (κ3) is 4.90. The van der Waals surface area contributed by atoms with Crippen molar-refractivity contribution >= 4 is 5.97 Å². The summed E-state index contributed by atoms with van der Waals surface area (Å²) < 4.78 is 10.9. The Morgan fingerprint density at radius 2 is 2.29 bits per heavy atom. The number of rotatable bonds is 4. The van der Waals surface area contributed by atoms with E-state index in [1.807, 2.05) is 6.92 Å². The minimum atomic E-state index is -0.245. The van der Waals surface area contributed by atoms with Crippen LogP contribution in [-0.4, -0.2) is 24.8 Å². The van der Waals surface area contributed by atoms with Gasteiger partial charge < -0.3 is 9.47 Å². The molecule has 0 N–H and O–H groups in total. The van der Waals surface area contributed by atoms with Gasteiger partial charge in [-0.1, -0.05) is 13.3 Å². The van der Waals surface area contributed by atoms with E-state index in [4.69, 9.17) is 9.47 Å². The summed E-state index contributed by atoms with van der Waals surface area (Å²) in [5.41, 5.74) is 1.04. The van der Waals surface area contributed by atoms with E-state index in [9.17, 15) is 4.79 Å². The standard InChI is InChI=1S/C14H24O3/c1-4-8-14(3)9-6-7-12(11-17-14)10-13(15)16-5-2/h10H,4-9,11H2,1-3H3/b12-10+. The number of esters is 1. The summed E-state index contributed by atoms with van der Waals surface area (Å²) in [6.07, 6.45) is 6.91. The van der Waals surface area contributed by atoms with Gasteiger partial charge in [0.25, 0.3) is 0 Å². The summed E-state index contributed by atoms with van der Waals surface area (Å²) in [5, 5.41) is 0. The van der Waals surface area contributed by atoms with Crippen LogP contribution in [0.3, 0.4) is 0 Å². The van der Waals surface area contributed by atoms with Crippen molar-refractivity contribution in [3.05, 3.63) is 11.6 Å². The molecule has 98 valence electrons. The Hall–Kier alpha value is -0.830. The van der Waals surface area contributed by atoms with Crippen LogP contribution in [-0.2, 0) is 14.3 Å². The minimum absolute atomic E-state index is 0.0149. The first kappa shape index (κ1) is 14.2. The second-order valence-electron chi connectivity index (χ2n) is 4.90. The molecule has 3 nitrogen and oxygen atoms in total. The largest absolute Gasteiger partial charge is 0.463 e. The second-order valence-corrected chi connectivity index (χ2v) is 4.90. The number of carbonyl (C=O) groups excluding carboxylic acids is 1. The van der Waals surface area contributed by atoms with Gasteiger partial charge in [0.05, 0.1) is 18.8 Å². The molecule has 1 aliphatic rings. The van der Waals surface area contributed by atoms with Crippen molar-refractivity contribution in [1.29, 1.82) is 0 Å². The molecule has 1 atom stereocenters. The van der Waals surface area contributed by atoms with Gasteiger partial charge in [-0.05, 0) is 45.1 Å². The van der Waals surface area contributed by atoms with Gasteiger partial charge in [-0.25, -0.2) is 4.79 Å². The van der Waals surface area contributed by atoms with Gasteiger partial charge in [0.15, 0.2) is 0 Å². The predicted octanol–water partition coefficient (Wildman–Crippen LogP) is 3.24. The Kier molecular flexibility index (Phi) is 5.69. The quantitative estimate of drug-likeness (QED) is 0.559. The number of carbonyl (C=O) groups is 1. The summed E-state index contributed by atoms with van der Waals surface area (Å²) in [7, 11) is 0. The summed E-state index contributed by atoms with van der Waals surface area (Å²) in [5.74, 6) is -0.245. The van der Waals surface area contributed by atoms with Crippen molar-refractivity contribution in [3.63, 3.8) is 0 Å². The zero-order chi connectivity index (χ0) is 12.7. The van der Waals surface area contributed by atoms with Crippen LogP contribution in [0.25, 0.3) is 0 Å². The monoisotopic (exact) mass is 240 g/mol. The first-order valence-electron chi connectivity index (χ1n) is 6.60. The molecule has 1 aliphatic heterocycles. The highest BCUT2D eigenvalue weighted by Crippen LogP contribution is 2.29. The fraction of sp³-hybridized carbons (Fsp3) is 0.786. The predicted molar refractivity (Wildman–Crippen MR) is 67.8 cm³/mol. The summed E-state index contributed by atoms with van der Waals surface area (Å²) in [4.78, 5) is 11.4. The van der Waals surface area contributed by atoms with E-state index < -0.39 is 0 Å². The van der Waals surface area contributed by atoms with E-state index >= 15 is 0 Å². The van der Waals surface area contributed by atoms with Gasteiger partial charge in [-0.15, -0.1) is 0 Å². The maximum Gasteiger partial charge on any atom is 0.330 e. The molecule has 0 aliphatic carbocycles. The number of hydrogen-bond donors (Lipinski definition) is 0. The first-order valence-corrected chi connectivity index (χ1v) is 6.60. The molecular weight excluding hydrogens is 216 g/mol. The molecule has 0 amide bonds. The molecule has 0 aromatic rings. The van der Waals surface area contributed by atoms with Crippen LogP contribution < -0.4 is 0 Å². The molecule has 0 bridgehead atoms. The van der Waals surface area contributed by atoms with Gasteiger partial charge in [0.1, 0.15) is 0 Å². The maximum absolute atomic E-state index is 11.4. The summed E-state index contributed by atoms with van der Waals surface area (Å²) >= 11 is 0. The highest BCUT2D eigenvalue weighted by molar-refractivity contribution is 5.82. The molecule has 0 saturated carbocycles. The van der Waals surface area contributed by atoms with Crippen LogP contribution in [0.4, 0.5) is 0 Å². The van der Waals surface area contributed by atoms with Crippen molar-refractivity contribution < 1.29 is 14.3 Å². The van der Waals surface area contributed by atoms with E-state index in [1.165, 1.54) is 0 Å². The van der Waals surface area contributed by atoms with Crippen LogP contribution in [0.2, 0.25) is 0 Å². The molecule has 0 aromatic heterocycles. The Morgan fingerprint density at radius 1 is 1.53 bits per heavy atom. The van der Waals surface area contributed by atoms with Crippen molar-refractivity contribution in [1.82, 2.24) is 0 Å². The average molecular weight is 240 g/mol. The first-order chi connectivity index (χ1) is 8.09. The van der Waals surface area contributed by atoms with E-state index in [0.29, 0.717) is 13.2 Å². The lowest BCUT2D eigenvalue weighted by atomic mass is 9.94. The van der Waals surface area contributed by atoms with E-state index in [1.54, 1.807) is 6.08 Å². The van der Waals surface area contributed by atoms with Crippen molar-refractivity contribution in [3.8, 4) is 0 Å². The molecular formula is C14H24O3. The van der Waals surface area contributed by atoms with Gasteiger partial charge >= 0.3 is 5.97 Å². The van der Waals surface area contributed by atoms with Crippen LogP contribution in [0.5, 0.6) is 0 Å². The molecule has 1 unspecified atom stereocenters. The van der Waals surface area contributed by atoms with Crippen molar-refractivity contribution in [2.24, 2.45) is 0 Å². The third-order valence-electron chi connectivity index (χ3n) is 3.20. The van der Waals surface area contributed by atoms with Gasteiger partial charge in [0.2, 0.25) is 0 Å². The van der Waals surface area contributed by atoms with Gasteiger partial charge in [-0.2, -0.15) is 0 Å². The molecule has 0 aromatic carbocycles. The van der Waals surface area contributed by atoms with Crippen LogP contribution >= 0.6 is 0 Å². The van der Waals surface area contributed by atoms with Crippen LogP contribution in [0.1, 0.15) is 52.9 Å². The topological polar surface area (TPSA) is 35.5 Å². The lowest BCUT2D eigenvalue weighted by Crippen LogP contribution is -2.27. The SMILES string of the molecule is CCCC1(C)CCC/C(=C\C(=O)OCC)CO1. The summed E-state index contributed by atoms with van der Waals surface area (Å²) in [6, 6.07) is 0. The lowest BCUT2D eigenvalue weighted by molar-refractivity contribution is -0.137. The zero-order valence-corrected chi connectivity index (χ0v) is 11.3. The van der Waals surface area contributed by atoms with Crippen LogP contribution in [0.15, 0.2) is 11.6 Å². The second kappa shape index (κ2) is 6.80. The number of ether oxygens (including phenoxy) is 2. The normalized spacial score (nSPS) is 27.8. The maximum atomic E-state index is 11.4.